The van der Waals surface area contributed by atoms with Gasteiger partial charge in [-0.25, -0.2) is 0 Å². The predicted molar refractivity (Wildman–Crippen MR) is 81.4 cm³/mol. The Labute approximate surface area is 120 Å². The average molecular weight is 286 g/mol. The quantitative estimate of drug-likeness (QED) is 0.713. The highest BCUT2D eigenvalue weighted by atomic mass is 35.5. The molecular weight excluding hydrogens is 274 g/mol. The minimum absolute atomic E-state index is 0.0412. The van der Waals surface area contributed by atoms with Gasteiger partial charge in [0.1, 0.15) is 5.75 Å². The molecule has 0 aliphatic carbocycles. The lowest BCUT2D eigenvalue weighted by Crippen LogP contribution is -2.10. The number of pyridine rings is 1. The molecule has 0 unspecified atom stereocenters. The van der Waals surface area contributed by atoms with Crippen molar-refractivity contribution in [3.8, 4) is 16.9 Å². The number of benzene rings is 2. The summed E-state index contributed by atoms with van der Waals surface area (Å²) in [7, 11) is 0. The number of nitrogens with one attached hydrogen (secondary N) is 1. The molecule has 0 atom stereocenters. The fourth-order valence-corrected chi connectivity index (χ4v) is 2.66. The summed E-state index contributed by atoms with van der Waals surface area (Å²) in [6, 6.07) is 12.5. The molecule has 0 radical (unpaired) electrons. The zero-order valence-corrected chi connectivity index (χ0v) is 11.5. The van der Waals surface area contributed by atoms with E-state index in [1.54, 1.807) is 24.3 Å². The number of hydrogen-bond donors (Lipinski definition) is 2. The second-order valence-electron chi connectivity index (χ2n) is 4.69. The molecule has 20 heavy (non-hydrogen) atoms. The van der Waals surface area contributed by atoms with Crippen LogP contribution in [0, 0.1) is 6.92 Å². The van der Waals surface area contributed by atoms with E-state index in [1.165, 1.54) is 0 Å². The van der Waals surface area contributed by atoms with E-state index in [0.29, 0.717) is 21.5 Å². The van der Waals surface area contributed by atoms with Crippen molar-refractivity contribution in [2.45, 2.75) is 6.92 Å². The summed E-state index contributed by atoms with van der Waals surface area (Å²) in [5.41, 5.74) is 2.05. The number of fused-ring (bicyclic) bond motifs is 1. The molecule has 2 N–H and O–H groups in total. The number of rotatable bonds is 1. The van der Waals surface area contributed by atoms with E-state index >= 15 is 0 Å². The SMILES string of the molecule is Cc1cc(Cl)cc2c(O)c(-c3ccccc3)c(=O)[nH]c12. The van der Waals surface area contributed by atoms with Gasteiger partial charge < -0.3 is 10.1 Å². The number of aromatic nitrogens is 1. The Morgan fingerprint density at radius 1 is 1.15 bits per heavy atom. The smallest absolute Gasteiger partial charge is 0.260 e. The standard InChI is InChI=1S/C16H12ClNO2/c1-9-7-11(17)8-12-14(9)18-16(20)13(15(12)19)10-5-3-2-4-6-10/h2-8H,1H3,(H2,18,19,20). The van der Waals surface area contributed by atoms with Crippen molar-refractivity contribution >= 4 is 22.5 Å². The third-order valence-corrected chi connectivity index (χ3v) is 3.54. The third-order valence-electron chi connectivity index (χ3n) is 3.32. The van der Waals surface area contributed by atoms with Crippen molar-refractivity contribution in [2.24, 2.45) is 0 Å². The molecule has 0 aliphatic heterocycles. The van der Waals surface area contributed by atoms with Crippen LogP contribution in [0.4, 0.5) is 0 Å². The molecule has 3 aromatic rings. The monoisotopic (exact) mass is 285 g/mol. The highest BCUT2D eigenvalue weighted by Crippen LogP contribution is 2.34. The number of halogens is 1. The Morgan fingerprint density at radius 3 is 2.55 bits per heavy atom. The first-order valence-corrected chi connectivity index (χ1v) is 6.56. The van der Waals surface area contributed by atoms with Gasteiger partial charge in [-0.2, -0.15) is 0 Å². The highest BCUT2D eigenvalue weighted by molar-refractivity contribution is 6.31. The van der Waals surface area contributed by atoms with Gasteiger partial charge in [0, 0.05) is 10.4 Å². The van der Waals surface area contributed by atoms with Crippen LogP contribution in [-0.4, -0.2) is 10.1 Å². The zero-order valence-electron chi connectivity index (χ0n) is 10.8. The zero-order chi connectivity index (χ0) is 14.3. The normalized spacial score (nSPS) is 10.9. The first kappa shape index (κ1) is 12.8. The Kier molecular flexibility index (Phi) is 2.99. The van der Waals surface area contributed by atoms with Crippen LogP contribution in [0.2, 0.25) is 5.02 Å². The predicted octanol–water partition coefficient (Wildman–Crippen LogP) is 3.86. The Morgan fingerprint density at radius 2 is 1.85 bits per heavy atom. The van der Waals surface area contributed by atoms with E-state index in [-0.39, 0.29) is 16.9 Å². The first-order valence-electron chi connectivity index (χ1n) is 6.18. The maximum atomic E-state index is 12.2. The molecule has 0 saturated carbocycles. The van der Waals surface area contributed by atoms with Crippen molar-refractivity contribution in [1.29, 1.82) is 0 Å². The number of hydrogen-bond acceptors (Lipinski definition) is 2. The number of aryl methyl sites for hydroxylation is 1. The van der Waals surface area contributed by atoms with Crippen LogP contribution in [0.15, 0.2) is 47.3 Å². The van der Waals surface area contributed by atoms with Gasteiger partial charge in [0.25, 0.3) is 5.56 Å². The van der Waals surface area contributed by atoms with Crippen LogP contribution >= 0.6 is 11.6 Å². The molecule has 2 aromatic carbocycles. The summed E-state index contributed by atoms with van der Waals surface area (Å²) < 4.78 is 0. The molecule has 100 valence electrons. The van der Waals surface area contributed by atoms with Gasteiger partial charge in [0.05, 0.1) is 11.1 Å². The average Bonchev–Trinajstić information content (AvgIpc) is 2.42. The molecule has 0 aliphatic rings. The van der Waals surface area contributed by atoms with Crippen molar-refractivity contribution in [3.63, 3.8) is 0 Å². The second-order valence-corrected chi connectivity index (χ2v) is 5.13. The minimum atomic E-state index is -0.313. The molecule has 4 heteroatoms. The fourth-order valence-electron chi connectivity index (χ4n) is 2.39. The summed E-state index contributed by atoms with van der Waals surface area (Å²) in [6.07, 6.45) is 0. The van der Waals surface area contributed by atoms with E-state index < -0.39 is 0 Å². The molecule has 3 rings (SSSR count). The van der Waals surface area contributed by atoms with Gasteiger partial charge >= 0.3 is 0 Å². The van der Waals surface area contributed by atoms with Crippen LogP contribution in [-0.2, 0) is 0 Å². The summed E-state index contributed by atoms with van der Waals surface area (Å²) in [5.74, 6) is -0.0412. The van der Waals surface area contributed by atoms with Gasteiger partial charge in [0.15, 0.2) is 0 Å². The second kappa shape index (κ2) is 4.69. The van der Waals surface area contributed by atoms with Crippen molar-refractivity contribution in [1.82, 2.24) is 4.98 Å². The van der Waals surface area contributed by atoms with Gasteiger partial charge in [-0.3, -0.25) is 4.79 Å². The summed E-state index contributed by atoms with van der Waals surface area (Å²) in [6.45, 7) is 1.84. The van der Waals surface area contributed by atoms with Crippen molar-refractivity contribution in [2.75, 3.05) is 0 Å². The van der Waals surface area contributed by atoms with Crippen LogP contribution < -0.4 is 5.56 Å². The summed E-state index contributed by atoms with van der Waals surface area (Å²) in [5, 5.41) is 11.5. The fraction of sp³-hybridized carbons (Fsp3) is 0.0625. The molecule has 0 spiro atoms. The van der Waals surface area contributed by atoms with E-state index in [4.69, 9.17) is 11.6 Å². The van der Waals surface area contributed by atoms with E-state index in [0.717, 1.165) is 5.56 Å². The molecule has 0 saturated heterocycles. The Balaban J connectivity index is 2.44. The van der Waals surface area contributed by atoms with E-state index in [2.05, 4.69) is 4.98 Å². The lowest BCUT2D eigenvalue weighted by Gasteiger charge is -2.10. The van der Waals surface area contributed by atoms with Crippen LogP contribution in [0.1, 0.15) is 5.56 Å². The lowest BCUT2D eigenvalue weighted by atomic mass is 10.0. The maximum Gasteiger partial charge on any atom is 0.260 e. The third kappa shape index (κ3) is 1.96. The molecule has 1 heterocycles. The molecular formula is C16H12ClNO2. The molecule has 3 nitrogen and oxygen atoms in total. The van der Waals surface area contributed by atoms with Gasteiger partial charge in [-0.1, -0.05) is 41.9 Å². The van der Waals surface area contributed by atoms with Crippen LogP contribution in [0.25, 0.3) is 22.0 Å². The lowest BCUT2D eigenvalue weighted by molar-refractivity contribution is 0.482. The highest BCUT2D eigenvalue weighted by Gasteiger charge is 2.15. The van der Waals surface area contributed by atoms with Crippen molar-refractivity contribution in [3.05, 3.63) is 63.4 Å². The van der Waals surface area contributed by atoms with Crippen LogP contribution in [0.5, 0.6) is 5.75 Å². The minimum Gasteiger partial charge on any atom is -0.506 e. The maximum absolute atomic E-state index is 12.2. The number of aromatic hydroxyl groups is 1. The van der Waals surface area contributed by atoms with Gasteiger partial charge in [-0.05, 0) is 30.2 Å². The molecule has 0 fully saturated rings. The number of H-pyrrole nitrogens is 1. The van der Waals surface area contributed by atoms with Gasteiger partial charge in [-0.15, -0.1) is 0 Å². The summed E-state index contributed by atoms with van der Waals surface area (Å²) in [4.78, 5) is 15.1. The molecule has 0 amide bonds. The Bertz CT molecular complexity index is 854. The summed E-state index contributed by atoms with van der Waals surface area (Å²) >= 11 is 6.03. The Hall–Kier alpha value is -2.26. The molecule has 0 bridgehead atoms. The van der Waals surface area contributed by atoms with Crippen molar-refractivity contribution < 1.29 is 5.11 Å². The number of aromatic amines is 1. The van der Waals surface area contributed by atoms with E-state index in [9.17, 15) is 9.90 Å². The van der Waals surface area contributed by atoms with E-state index in [1.807, 2.05) is 25.1 Å². The first-order chi connectivity index (χ1) is 9.58. The van der Waals surface area contributed by atoms with Crippen LogP contribution in [0.3, 0.4) is 0 Å². The largest absolute Gasteiger partial charge is 0.506 e. The molecule has 1 aromatic heterocycles. The van der Waals surface area contributed by atoms with Gasteiger partial charge in [0.2, 0.25) is 0 Å². The topological polar surface area (TPSA) is 53.1 Å².